The van der Waals surface area contributed by atoms with Crippen LogP contribution in [-0.2, 0) is 24.4 Å². The summed E-state index contributed by atoms with van der Waals surface area (Å²) in [6.07, 6.45) is 19.8. The predicted octanol–water partition coefficient (Wildman–Crippen LogP) is 12.8. The lowest BCUT2D eigenvalue weighted by Gasteiger charge is -2.19. The van der Waals surface area contributed by atoms with Crippen molar-refractivity contribution in [2.45, 2.75) is 46.0 Å². The van der Waals surface area contributed by atoms with Gasteiger partial charge in [-0.25, -0.2) is 49.2 Å². The van der Waals surface area contributed by atoms with E-state index in [2.05, 4.69) is 111 Å². The number of aromatic amines is 1. The number of hydrogen-bond acceptors (Lipinski definition) is 19. The first kappa shape index (κ1) is 74.1. The molecule has 29 heteroatoms. The van der Waals surface area contributed by atoms with Gasteiger partial charge in [0, 0.05) is 156 Å². The van der Waals surface area contributed by atoms with E-state index in [-0.39, 0.29) is 23.2 Å². The highest BCUT2D eigenvalue weighted by molar-refractivity contribution is 9.11. The van der Waals surface area contributed by atoms with E-state index in [4.69, 9.17) is 25.3 Å². The highest BCUT2D eigenvalue weighted by Crippen LogP contribution is 2.37. The number of nitrogens with zero attached hydrogens (tertiary/aromatic N) is 15. The average molecular weight is 1580 g/mol. The molecular weight excluding hydrogens is 1520 g/mol. The minimum atomic E-state index is -1.56. The van der Waals surface area contributed by atoms with Crippen LogP contribution in [0.15, 0.2) is 235 Å². The maximum absolute atomic E-state index is 11.9. The van der Waals surface area contributed by atoms with Crippen LogP contribution in [0.3, 0.4) is 0 Å². The summed E-state index contributed by atoms with van der Waals surface area (Å²) in [5.41, 5.74) is 17.1. The SMILES string of the molecule is CC(C)(C)OC(=O)n1cc(Br)c2cncnc21.N#Cc1ccccc1-c1c[nH]c2ncncc12.N#Cc1ccccc1-c1cn(-c2ccc3c(c2)CNC3=O)c2ncncc12.N#Cc1ccccc1-c1cn(-c2ccc3c(c2)CNC3=O)c2ncncc12.N#Cc1ccccc1B(O)O.O=C1NCc2cc(Br)ccc21. The second-order valence-corrected chi connectivity index (χ2v) is 27.3. The molecule has 0 saturated heterocycles. The van der Waals surface area contributed by atoms with Crippen LogP contribution in [0.1, 0.15) is 90.8 Å². The highest BCUT2D eigenvalue weighted by Gasteiger charge is 2.26. The van der Waals surface area contributed by atoms with Gasteiger partial charge in [-0.2, -0.15) is 21.0 Å². The number of halogens is 2. The average Bonchev–Trinajstić information content (AvgIpc) is 1.63. The Labute approximate surface area is 644 Å². The van der Waals surface area contributed by atoms with Crippen molar-refractivity contribution in [3.8, 4) is 69.0 Å². The van der Waals surface area contributed by atoms with Crippen LogP contribution in [0.4, 0.5) is 4.79 Å². The van der Waals surface area contributed by atoms with Crippen molar-refractivity contribution < 1.29 is 34.0 Å². The van der Waals surface area contributed by atoms with E-state index in [9.17, 15) is 29.7 Å². The van der Waals surface area contributed by atoms with Crippen LogP contribution in [-0.4, -0.2) is 105 Å². The summed E-state index contributed by atoms with van der Waals surface area (Å²) in [5.74, 6) is -0.0488. The molecule has 7 aromatic carbocycles. The molecule has 0 atom stereocenters. The van der Waals surface area contributed by atoms with Gasteiger partial charge >= 0.3 is 13.2 Å². The lowest BCUT2D eigenvalue weighted by molar-refractivity contribution is 0.0542. The van der Waals surface area contributed by atoms with Gasteiger partial charge in [0.25, 0.3) is 17.7 Å². The number of aromatic nitrogens is 12. The van der Waals surface area contributed by atoms with E-state index in [0.29, 0.717) is 58.7 Å². The summed E-state index contributed by atoms with van der Waals surface area (Å²) in [6.45, 7) is 7.18. The van der Waals surface area contributed by atoms with Crippen molar-refractivity contribution in [3.05, 3.63) is 291 Å². The Kier molecular flexibility index (Phi) is 22.0. The number of amides is 3. The van der Waals surface area contributed by atoms with Gasteiger partial charge in [-0.3, -0.25) is 14.4 Å². The second-order valence-electron chi connectivity index (χ2n) is 25.5. The molecule has 0 bridgehead atoms. The fraction of sp³-hybridized carbons (Fsp3) is 0.0864. The van der Waals surface area contributed by atoms with Crippen molar-refractivity contribution in [2.24, 2.45) is 0 Å². The van der Waals surface area contributed by atoms with E-state index < -0.39 is 18.8 Å². The number of ether oxygens (including phenoxy) is 1. The molecular formula is C81H58BBr2N19O7. The number of fused-ring (bicyclic) bond motifs is 7. The van der Waals surface area contributed by atoms with Crippen molar-refractivity contribution in [2.75, 3.05) is 0 Å². The van der Waals surface area contributed by atoms with Gasteiger partial charge in [0.1, 0.15) is 47.9 Å². The number of carbonyl (C=O) groups is 4. The third-order valence-electron chi connectivity index (χ3n) is 17.5. The molecule has 11 heterocycles. The first-order chi connectivity index (χ1) is 53.3. The van der Waals surface area contributed by atoms with Gasteiger partial charge in [-0.1, -0.05) is 88.7 Å². The molecule has 18 rings (SSSR count). The topological polar surface area (TPSA) is 383 Å². The number of nitriles is 4. The molecule has 0 unspecified atom stereocenters. The van der Waals surface area contributed by atoms with Crippen LogP contribution in [0, 0.1) is 45.3 Å². The van der Waals surface area contributed by atoms with Gasteiger partial charge in [-0.05, 0) is 138 Å². The largest absolute Gasteiger partial charge is 0.489 e. The third-order valence-corrected chi connectivity index (χ3v) is 18.7. The predicted molar refractivity (Wildman–Crippen MR) is 418 cm³/mol. The summed E-state index contributed by atoms with van der Waals surface area (Å²) < 4.78 is 12.4. The lowest BCUT2D eigenvalue weighted by atomic mass is 9.77. The fourth-order valence-corrected chi connectivity index (χ4v) is 13.3. The molecule has 0 radical (unpaired) electrons. The van der Waals surface area contributed by atoms with Gasteiger partial charge in [0.15, 0.2) is 5.65 Å². The minimum absolute atomic E-state index is 0.0347. The lowest BCUT2D eigenvalue weighted by Crippen LogP contribution is -2.31. The van der Waals surface area contributed by atoms with Crippen molar-refractivity contribution in [3.63, 3.8) is 0 Å². The Morgan fingerprint density at radius 2 is 0.882 bits per heavy atom. The smallest absolute Gasteiger partial charge is 0.443 e. The van der Waals surface area contributed by atoms with Crippen LogP contribution < -0.4 is 21.4 Å². The fourth-order valence-electron chi connectivity index (χ4n) is 12.4. The highest BCUT2D eigenvalue weighted by atomic mass is 79.9. The monoisotopic (exact) mass is 1580 g/mol. The number of carbonyl (C=O) groups excluding carboxylic acids is 4. The first-order valence-corrected chi connectivity index (χ1v) is 35.2. The Morgan fingerprint density at radius 3 is 1.35 bits per heavy atom. The number of hydrogen-bond donors (Lipinski definition) is 6. The molecule has 0 saturated carbocycles. The van der Waals surface area contributed by atoms with Crippen molar-refractivity contribution in [1.82, 2.24) is 74.5 Å². The molecule has 536 valence electrons. The zero-order valence-electron chi connectivity index (χ0n) is 58.5. The number of H-pyrrole nitrogens is 1. The molecule has 15 aromatic rings. The maximum atomic E-state index is 11.9. The Hall–Kier alpha value is -14.2. The Morgan fingerprint density at radius 1 is 0.473 bits per heavy atom. The third kappa shape index (κ3) is 15.8. The van der Waals surface area contributed by atoms with Crippen LogP contribution in [0.5, 0.6) is 0 Å². The normalized spacial score (nSPS) is 11.9. The number of rotatable bonds is 6. The van der Waals surface area contributed by atoms with Gasteiger partial charge < -0.3 is 44.9 Å². The molecule has 26 nitrogen and oxygen atoms in total. The molecule has 0 aliphatic carbocycles. The molecule has 6 N–H and O–H groups in total. The van der Waals surface area contributed by atoms with Crippen molar-refractivity contribution >= 4 is 112 Å². The van der Waals surface area contributed by atoms with Crippen LogP contribution >= 0.6 is 31.9 Å². The molecule has 110 heavy (non-hydrogen) atoms. The van der Waals surface area contributed by atoms with Gasteiger partial charge in [0.2, 0.25) is 0 Å². The van der Waals surface area contributed by atoms with Crippen LogP contribution in [0.2, 0.25) is 0 Å². The molecule has 3 aliphatic heterocycles. The molecule has 0 fully saturated rings. The van der Waals surface area contributed by atoms with E-state index in [1.165, 1.54) is 42.0 Å². The van der Waals surface area contributed by atoms with E-state index in [1.54, 1.807) is 61.3 Å². The second kappa shape index (κ2) is 32.7. The maximum Gasteiger partial charge on any atom is 0.489 e. The summed E-state index contributed by atoms with van der Waals surface area (Å²) in [7, 11) is -1.56. The standard InChI is InChI=1S/2C21H13N5O.C13H8N4.C11H12BrN3O2.C8H6BrNO.C7H6BNO2/c2*22-8-13-3-1-2-4-16(13)19-11-26(20-18(19)10-23-12-25-20)15-5-6-17-14(7-15)9-24-21(17)27;14-5-9-3-1-2-4-10(9)11-7-16-13-12(11)6-15-8-17-13;1-11(2,3)17-10(16)15-5-8(12)7-4-13-6-14-9(7)15;9-6-1-2-7-5(3-6)4-10-8(7)11;9-5-6-3-1-2-4-7(6)8(10)11/h2*1-7,10-12H,9H2,(H,24,27);1-4,6-8H,(H,15,16,17);4-6H,1-3H3;1-3H,4H2,(H,10,11);1-4,10-11H. The van der Waals surface area contributed by atoms with Gasteiger partial charge in [-0.15, -0.1) is 0 Å². The molecule has 3 aliphatic rings. The summed E-state index contributed by atoms with van der Waals surface area (Å²) in [5, 5.41) is 65.9. The first-order valence-electron chi connectivity index (χ1n) is 33.7. The zero-order chi connectivity index (χ0) is 77.2. The molecule has 0 spiro atoms. The minimum Gasteiger partial charge on any atom is -0.443 e. The quantitative estimate of drug-likeness (QED) is 0.0842. The summed E-state index contributed by atoms with van der Waals surface area (Å²) >= 11 is 6.70. The zero-order valence-corrected chi connectivity index (χ0v) is 61.6. The Balaban J connectivity index is 0.000000120. The van der Waals surface area contributed by atoms with Gasteiger partial charge in [0.05, 0.1) is 51.9 Å². The van der Waals surface area contributed by atoms with Crippen LogP contribution in [0.25, 0.3) is 88.9 Å². The Bertz CT molecular complexity index is 6100. The molecule has 3 amide bonds. The van der Waals surface area contributed by atoms with E-state index in [0.717, 1.165) is 114 Å². The summed E-state index contributed by atoms with van der Waals surface area (Å²) in [4.78, 5) is 83.1. The van der Waals surface area contributed by atoms with E-state index >= 15 is 0 Å². The molecule has 8 aromatic heterocycles. The number of nitrogens with one attached hydrogen (secondary N) is 4. The van der Waals surface area contributed by atoms with Crippen molar-refractivity contribution in [1.29, 1.82) is 21.0 Å². The van der Waals surface area contributed by atoms with E-state index in [1.807, 2.05) is 164 Å². The number of benzene rings is 7. The summed E-state index contributed by atoms with van der Waals surface area (Å²) in [6, 6.07) is 54.5.